The van der Waals surface area contributed by atoms with Crippen LogP contribution < -0.4 is 5.73 Å². The van der Waals surface area contributed by atoms with E-state index in [9.17, 15) is 4.39 Å². The normalized spacial score (nSPS) is 17.9. The SMILES string of the molecule is Cc1ccc(-c2noc(C3(CN)CCOCC3)n2)cc1F. The van der Waals surface area contributed by atoms with Crippen molar-refractivity contribution in [2.24, 2.45) is 5.73 Å². The lowest BCUT2D eigenvalue weighted by atomic mass is 9.80. The van der Waals surface area contributed by atoms with Crippen LogP contribution in [0.25, 0.3) is 11.4 Å². The number of hydrogen-bond acceptors (Lipinski definition) is 5. The number of rotatable bonds is 3. The zero-order valence-corrected chi connectivity index (χ0v) is 11.9. The summed E-state index contributed by atoms with van der Waals surface area (Å²) in [6.07, 6.45) is 1.51. The van der Waals surface area contributed by atoms with Crippen LogP contribution in [0, 0.1) is 12.7 Å². The van der Waals surface area contributed by atoms with Gasteiger partial charge in [0.2, 0.25) is 11.7 Å². The third kappa shape index (κ3) is 2.56. The molecule has 0 aliphatic carbocycles. The first-order chi connectivity index (χ1) is 10.1. The predicted octanol–water partition coefficient (Wildman–Crippen LogP) is 2.19. The van der Waals surface area contributed by atoms with Crippen molar-refractivity contribution in [1.82, 2.24) is 10.1 Å². The number of nitrogens with zero attached hydrogens (tertiary/aromatic N) is 2. The van der Waals surface area contributed by atoms with Crippen LogP contribution in [0.5, 0.6) is 0 Å². The Morgan fingerprint density at radius 2 is 2.10 bits per heavy atom. The van der Waals surface area contributed by atoms with Crippen LogP contribution >= 0.6 is 0 Å². The molecule has 2 aromatic rings. The molecule has 0 saturated carbocycles. The number of hydrogen-bond donors (Lipinski definition) is 1. The second kappa shape index (κ2) is 5.54. The minimum atomic E-state index is -0.327. The van der Waals surface area contributed by atoms with Gasteiger partial charge in [-0.1, -0.05) is 17.3 Å². The summed E-state index contributed by atoms with van der Waals surface area (Å²) in [4.78, 5) is 4.44. The average molecular weight is 291 g/mol. The van der Waals surface area contributed by atoms with Crippen LogP contribution in [-0.2, 0) is 10.2 Å². The molecular formula is C15H18FN3O2. The molecule has 0 unspecified atom stereocenters. The van der Waals surface area contributed by atoms with E-state index in [1.807, 2.05) is 0 Å². The second-order valence-corrected chi connectivity index (χ2v) is 5.48. The first-order valence-corrected chi connectivity index (χ1v) is 7.03. The lowest BCUT2D eigenvalue weighted by Crippen LogP contribution is -2.40. The van der Waals surface area contributed by atoms with Gasteiger partial charge in [-0.05, 0) is 31.4 Å². The predicted molar refractivity (Wildman–Crippen MR) is 75.2 cm³/mol. The van der Waals surface area contributed by atoms with Gasteiger partial charge >= 0.3 is 0 Å². The smallest absolute Gasteiger partial charge is 0.234 e. The van der Waals surface area contributed by atoms with Crippen molar-refractivity contribution in [2.75, 3.05) is 19.8 Å². The summed E-state index contributed by atoms with van der Waals surface area (Å²) in [6.45, 7) is 3.41. The quantitative estimate of drug-likeness (QED) is 0.938. The van der Waals surface area contributed by atoms with Gasteiger partial charge in [-0.15, -0.1) is 0 Å². The molecule has 1 aromatic carbocycles. The Morgan fingerprint density at radius 1 is 1.33 bits per heavy atom. The van der Waals surface area contributed by atoms with Crippen LogP contribution in [0.1, 0.15) is 24.3 Å². The molecule has 1 fully saturated rings. The van der Waals surface area contributed by atoms with Crippen molar-refractivity contribution < 1.29 is 13.7 Å². The fourth-order valence-electron chi connectivity index (χ4n) is 2.56. The molecule has 0 amide bonds. The Hall–Kier alpha value is -1.79. The van der Waals surface area contributed by atoms with Crippen LogP contribution in [0.3, 0.4) is 0 Å². The highest BCUT2D eigenvalue weighted by molar-refractivity contribution is 5.55. The summed E-state index contributed by atoms with van der Waals surface area (Å²) in [5.74, 6) is 0.631. The summed E-state index contributed by atoms with van der Waals surface area (Å²) >= 11 is 0. The average Bonchev–Trinajstić information content (AvgIpc) is 3.01. The molecule has 6 heteroatoms. The van der Waals surface area contributed by atoms with Gasteiger partial charge in [0, 0.05) is 25.3 Å². The summed E-state index contributed by atoms with van der Waals surface area (Å²) in [5.41, 5.74) is 6.78. The van der Waals surface area contributed by atoms with Gasteiger partial charge < -0.3 is 15.0 Å². The molecule has 0 bridgehead atoms. The van der Waals surface area contributed by atoms with Crippen LogP contribution in [0.15, 0.2) is 22.7 Å². The summed E-state index contributed by atoms with van der Waals surface area (Å²) in [6, 6.07) is 4.91. The van der Waals surface area contributed by atoms with Gasteiger partial charge in [0.25, 0.3) is 0 Å². The van der Waals surface area contributed by atoms with E-state index >= 15 is 0 Å². The van der Waals surface area contributed by atoms with E-state index in [2.05, 4.69) is 10.1 Å². The van der Waals surface area contributed by atoms with Crippen molar-refractivity contribution in [2.45, 2.75) is 25.2 Å². The molecule has 1 aromatic heterocycles. The van der Waals surface area contributed by atoms with Crippen LogP contribution in [0.2, 0.25) is 0 Å². The third-order valence-electron chi connectivity index (χ3n) is 4.15. The molecule has 1 aliphatic heterocycles. The number of nitrogens with two attached hydrogens (primary N) is 1. The zero-order chi connectivity index (χ0) is 14.9. The molecule has 1 aliphatic rings. The molecular weight excluding hydrogens is 273 g/mol. The topological polar surface area (TPSA) is 74.2 Å². The Labute approximate surface area is 122 Å². The fourth-order valence-corrected chi connectivity index (χ4v) is 2.56. The van der Waals surface area contributed by atoms with Gasteiger partial charge in [0.05, 0.1) is 5.41 Å². The highest BCUT2D eigenvalue weighted by atomic mass is 19.1. The summed E-state index contributed by atoms with van der Waals surface area (Å²) in [5, 5.41) is 3.98. The molecule has 21 heavy (non-hydrogen) atoms. The molecule has 0 atom stereocenters. The maximum absolute atomic E-state index is 13.6. The van der Waals surface area contributed by atoms with Gasteiger partial charge in [0.1, 0.15) is 5.82 Å². The van der Waals surface area contributed by atoms with Crippen LogP contribution in [0.4, 0.5) is 4.39 Å². The van der Waals surface area contributed by atoms with Crippen molar-refractivity contribution in [3.63, 3.8) is 0 Å². The number of ether oxygens (including phenoxy) is 1. The molecule has 0 spiro atoms. The van der Waals surface area contributed by atoms with Crippen molar-refractivity contribution >= 4 is 0 Å². The molecule has 1 saturated heterocycles. The van der Waals surface area contributed by atoms with E-state index in [1.54, 1.807) is 19.1 Å². The van der Waals surface area contributed by atoms with Gasteiger partial charge in [0.15, 0.2) is 0 Å². The number of halogens is 1. The maximum atomic E-state index is 13.6. The Morgan fingerprint density at radius 3 is 2.76 bits per heavy atom. The van der Waals surface area contributed by atoms with E-state index in [4.69, 9.17) is 15.0 Å². The molecule has 112 valence electrons. The lowest BCUT2D eigenvalue weighted by molar-refractivity contribution is 0.0409. The number of benzene rings is 1. The fraction of sp³-hybridized carbons (Fsp3) is 0.467. The third-order valence-corrected chi connectivity index (χ3v) is 4.15. The van der Waals surface area contributed by atoms with Crippen LogP contribution in [-0.4, -0.2) is 29.9 Å². The van der Waals surface area contributed by atoms with E-state index in [-0.39, 0.29) is 11.2 Å². The van der Waals surface area contributed by atoms with Gasteiger partial charge in [-0.25, -0.2) is 4.39 Å². The van der Waals surface area contributed by atoms with Crippen molar-refractivity contribution in [3.05, 3.63) is 35.5 Å². The highest BCUT2D eigenvalue weighted by Gasteiger charge is 2.38. The highest BCUT2D eigenvalue weighted by Crippen LogP contribution is 2.33. The summed E-state index contributed by atoms with van der Waals surface area (Å²) < 4.78 is 24.4. The molecule has 3 rings (SSSR count). The van der Waals surface area contributed by atoms with Crippen molar-refractivity contribution in [3.8, 4) is 11.4 Å². The molecule has 5 nitrogen and oxygen atoms in total. The van der Waals surface area contributed by atoms with E-state index in [0.717, 1.165) is 12.8 Å². The minimum Gasteiger partial charge on any atom is -0.381 e. The Kier molecular flexibility index (Phi) is 3.73. The Balaban J connectivity index is 1.93. The summed E-state index contributed by atoms with van der Waals surface area (Å²) in [7, 11) is 0. The van der Waals surface area contributed by atoms with Gasteiger partial charge in [-0.3, -0.25) is 0 Å². The monoisotopic (exact) mass is 291 g/mol. The van der Waals surface area contributed by atoms with E-state index in [0.29, 0.717) is 42.6 Å². The minimum absolute atomic E-state index is 0.279. The van der Waals surface area contributed by atoms with E-state index in [1.165, 1.54) is 6.07 Å². The van der Waals surface area contributed by atoms with Gasteiger partial charge in [-0.2, -0.15) is 4.98 Å². The standard InChI is InChI=1S/C15H18FN3O2/c1-10-2-3-11(8-12(10)16)13-18-14(21-19-13)15(9-17)4-6-20-7-5-15/h2-3,8H,4-7,9,17H2,1H3. The number of aromatic nitrogens is 2. The number of aryl methyl sites for hydroxylation is 1. The first-order valence-electron chi connectivity index (χ1n) is 7.03. The zero-order valence-electron chi connectivity index (χ0n) is 11.9. The first kappa shape index (κ1) is 14.2. The lowest BCUT2D eigenvalue weighted by Gasteiger charge is -2.32. The second-order valence-electron chi connectivity index (χ2n) is 5.48. The molecule has 2 heterocycles. The Bertz CT molecular complexity index is 636. The largest absolute Gasteiger partial charge is 0.381 e. The molecule has 2 N–H and O–H groups in total. The van der Waals surface area contributed by atoms with Crippen molar-refractivity contribution in [1.29, 1.82) is 0 Å². The van der Waals surface area contributed by atoms with E-state index < -0.39 is 0 Å². The molecule has 0 radical (unpaired) electrons. The maximum Gasteiger partial charge on any atom is 0.234 e.